The summed E-state index contributed by atoms with van der Waals surface area (Å²) in [5.41, 5.74) is 16.2. The van der Waals surface area contributed by atoms with Crippen LogP contribution in [0.25, 0.3) is 11.1 Å². The first-order chi connectivity index (χ1) is 8.20. The van der Waals surface area contributed by atoms with Crippen molar-refractivity contribution >= 4 is 24.0 Å². The lowest BCUT2D eigenvalue weighted by molar-refractivity contribution is -0.116. The molecule has 0 heterocycles. The van der Waals surface area contributed by atoms with Crippen molar-refractivity contribution in [2.24, 2.45) is 0 Å². The highest BCUT2D eigenvalue weighted by atomic mass is 16.1. The topological polar surface area (TPSA) is 107 Å². The number of carbonyl (C=O) groups is 2. The van der Waals surface area contributed by atoms with Crippen LogP contribution in [0.15, 0.2) is 0 Å². The van der Waals surface area contributed by atoms with Gasteiger partial charge < -0.3 is 11.1 Å². The van der Waals surface area contributed by atoms with E-state index in [2.05, 4.69) is 9.58 Å². The van der Waals surface area contributed by atoms with E-state index in [1.165, 1.54) is 0 Å². The second kappa shape index (κ2) is 10.6. The average Bonchev–Trinajstić information content (AvgIpc) is 2.28. The molecular weight excluding hydrogens is 220 g/mol. The molecule has 0 atom stereocenters. The van der Waals surface area contributed by atoms with Gasteiger partial charge in [0.15, 0.2) is 0 Å². The van der Waals surface area contributed by atoms with Crippen LogP contribution in [-0.4, -0.2) is 33.6 Å². The molecule has 0 aromatic carbocycles. The molecular formula is C11H16N4O2. The van der Waals surface area contributed by atoms with Gasteiger partial charge in [-0.1, -0.05) is 19.3 Å². The van der Waals surface area contributed by atoms with E-state index < -0.39 is 0 Å². The van der Waals surface area contributed by atoms with Crippen LogP contribution in [-0.2, 0) is 9.59 Å². The minimum Gasteiger partial charge on any atom is -0.361 e. The lowest BCUT2D eigenvalue weighted by Gasteiger charge is -1.97. The van der Waals surface area contributed by atoms with Crippen molar-refractivity contribution < 1.29 is 19.2 Å². The Balaban J connectivity index is 3.35. The molecule has 0 fully saturated rings. The molecule has 0 bridgehead atoms. The summed E-state index contributed by atoms with van der Waals surface area (Å²) < 4.78 is 0. The van der Waals surface area contributed by atoms with E-state index in [4.69, 9.17) is 11.1 Å². The Morgan fingerprint density at radius 1 is 0.765 bits per heavy atom. The summed E-state index contributed by atoms with van der Waals surface area (Å²) in [5.74, 6) is -0.358. The fourth-order valence-electron chi connectivity index (χ4n) is 1.39. The molecule has 0 aromatic rings. The molecule has 0 spiro atoms. The quantitative estimate of drug-likeness (QED) is 0.248. The molecule has 0 radical (unpaired) electrons. The van der Waals surface area contributed by atoms with Crippen LogP contribution in [0.5, 0.6) is 0 Å². The zero-order valence-electron chi connectivity index (χ0n) is 9.71. The minimum absolute atomic E-state index is 0.179. The fourth-order valence-corrected chi connectivity index (χ4v) is 1.39. The maximum atomic E-state index is 10.9. The second-order valence-corrected chi connectivity index (χ2v) is 3.69. The molecule has 0 amide bonds. The zero-order valence-corrected chi connectivity index (χ0v) is 9.71. The Hall–Kier alpha value is -1.90. The molecule has 0 aliphatic heterocycles. The maximum absolute atomic E-state index is 10.9. The molecule has 6 nitrogen and oxygen atoms in total. The van der Waals surface area contributed by atoms with E-state index in [9.17, 15) is 9.59 Å². The highest BCUT2D eigenvalue weighted by molar-refractivity contribution is 6.25. The summed E-state index contributed by atoms with van der Waals surface area (Å²) >= 11 is 0. The highest BCUT2D eigenvalue weighted by Crippen LogP contribution is 2.07. The van der Waals surface area contributed by atoms with Gasteiger partial charge in [0.25, 0.3) is 0 Å². The van der Waals surface area contributed by atoms with Crippen LogP contribution in [0.2, 0.25) is 0 Å². The van der Waals surface area contributed by atoms with E-state index in [-0.39, 0.29) is 11.6 Å². The van der Waals surface area contributed by atoms with Gasteiger partial charge in [0.1, 0.15) is 0 Å². The van der Waals surface area contributed by atoms with Crippen LogP contribution in [0.1, 0.15) is 44.9 Å². The zero-order chi connectivity index (χ0) is 12.9. The summed E-state index contributed by atoms with van der Waals surface area (Å²) in [6.07, 6.45) is 6.89. The first-order valence-electron chi connectivity index (χ1n) is 5.61. The van der Waals surface area contributed by atoms with Crippen LogP contribution in [0.3, 0.4) is 0 Å². The monoisotopic (exact) mass is 236 g/mol. The van der Waals surface area contributed by atoms with Crippen molar-refractivity contribution in [2.75, 3.05) is 0 Å². The van der Waals surface area contributed by atoms with Crippen molar-refractivity contribution in [3.05, 3.63) is 11.1 Å². The fraction of sp³-hybridized carbons (Fsp3) is 0.636. The van der Waals surface area contributed by atoms with Gasteiger partial charge in [-0.2, -0.15) is 9.58 Å². The first-order valence-corrected chi connectivity index (χ1v) is 5.61. The highest BCUT2D eigenvalue weighted by Gasteiger charge is 2.03. The van der Waals surface area contributed by atoms with Gasteiger partial charge in [-0.15, -0.1) is 0 Å². The summed E-state index contributed by atoms with van der Waals surface area (Å²) in [6, 6.07) is 0. The lowest BCUT2D eigenvalue weighted by atomic mass is 10.1. The van der Waals surface area contributed by atoms with Crippen molar-refractivity contribution in [3.63, 3.8) is 0 Å². The average molecular weight is 236 g/mol. The lowest BCUT2D eigenvalue weighted by Crippen LogP contribution is -2.00. The molecule has 0 unspecified atom stereocenters. The number of carbonyl (C=O) groups excluding carboxylic acids is 2. The molecule has 92 valence electrons. The normalized spacial score (nSPS) is 8.94. The third kappa shape index (κ3) is 10.4. The Morgan fingerprint density at radius 2 is 1.12 bits per heavy atom. The Bertz CT molecular complexity index is 318. The van der Waals surface area contributed by atoms with E-state index in [1.54, 1.807) is 0 Å². The van der Waals surface area contributed by atoms with Crippen molar-refractivity contribution in [1.29, 1.82) is 0 Å². The number of unbranched alkanes of at least 4 members (excludes halogenated alkanes) is 4. The summed E-state index contributed by atoms with van der Waals surface area (Å²) in [4.78, 5) is 27.1. The molecule has 0 aliphatic rings. The third-order valence-corrected chi connectivity index (χ3v) is 2.25. The molecule has 0 N–H and O–H groups in total. The van der Waals surface area contributed by atoms with Gasteiger partial charge in [0, 0.05) is 12.8 Å². The number of Topliss-reactive ketones (excluding diaryl/α,β-unsaturated/α-hetero) is 2. The summed E-state index contributed by atoms with van der Waals surface area (Å²) in [7, 11) is 0. The Morgan fingerprint density at radius 3 is 1.47 bits per heavy atom. The molecule has 0 rings (SSSR count). The van der Waals surface area contributed by atoms with Gasteiger partial charge in [-0.05, 0) is 12.8 Å². The number of ketones is 2. The number of nitrogens with zero attached hydrogens (tertiary/aromatic N) is 4. The van der Waals surface area contributed by atoms with Gasteiger partial charge in [0.05, 0.1) is 0 Å². The predicted octanol–water partition coefficient (Wildman–Crippen LogP) is 1.46. The molecule has 17 heavy (non-hydrogen) atoms. The largest absolute Gasteiger partial charge is 0.361 e. The third-order valence-electron chi connectivity index (χ3n) is 2.25. The predicted molar refractivity (Wildman–Crippen MR) is 61.7 cm³/mol. The summed E-state index contributed by atoms with van der Waals surface area (Å²) in [5, 5.41) is 0. The van der Waals surface area contributed by atoms with Crippen LogP contribution < -0.4 is 0 Å². The number of hydrogen-bond acceptors (Lipinski definition) is 2. The summed E-state index contributed by atoms with van der Waals surface area (Å²) in [6.45, 7) is 0. The molecule has 0 aliphatic carbocycles. The molecule has 0 saturated carbocycles. The second-order valence-electron chi connectivity index (χ2n) is 3.69. The van der Waals surface area contributed by atoms with Gasteiger partial charge in [-0.3, -0.25) is 9.59 Å². The van der Waals surface area contributed by atoms with E-state index >= 15 is 0 Å². The SMILES string of the molecule is [N-]=[N+]=CC(=O)CCCCCCCC(=O)C=[N+]=[N-]. The maximum Gasteiger partial charge on any atom is 0.323 e. The standard InChI is InChI=1S/C11H16N4O2/c12-14-8-10(16)6-4-2-1-3-5-7-11(17)9-15-13/h8-9H,1-7H2. The van der Waals surface area contributed by atoms with Crippen molar-refractivity contribution in [3.8, 4) is 0 Å². The Labute approximate surface area is 99.9 Å². The number of hydrogen-bond donors (Lipinski definition) is 0. The van der Waals surface area contributed by atoms with E-state index in [1.807, 2.05) is 0 Å². The van der Waals surface area contributed by atoms with Gasteiger partial charge in [-0.25, -0.2) is 0 Å². The van der Waals surface area contributed by atoms with Crippen LogP contribution in [0, 0.1) is 0 Å². The molecule has 6 heteroatoms. The van der Waals surface area contributed by atoms with Crippen molar-refractivity contribution in [2.45, 2.75) is 44.9 Å². The van der Waals surface area contributed by atoms with Crippen molar-refractivity contribution in [1.82, 2.24) is 0 Å². The Kier molecular flexibility index (Phi) is 9.43. The van der Waals surface area contributed by atoms with E-state index in [0.717, 1.165) is 44.5 Å². The van der Waals surface area contributed by atoms with Gasteiger partial charge in [0.2, 0.25) is 11.6 Å². The molecule has 0 aromatic heterocycles. The molecule has 0 saturated heterocycles. The van der Waals surface area contributed by atoms with Crippen LogP contribution in [0.4, 0.5) is 0 Å². The van der Waals surface area contributed by atoms with Crippen LogP contribution >= 0.6 is 0 Å². The van der Waals surface area contributed by atoms with E-state index in [0.29, 0.717) is 12.8 Å². The smallest absolute Gasteiger partial charge is 0.323 e. The van der Waals surface area contributed by atoms with Gasteiger partial charge >= 0.3 is 12.4 Å². The first kappa shape index (κ1) is 15.1. The number of rotatable bonds is 10. The minimum atomic E-state index is -0.179.